The van der Waals surface area contributed by atoms with Gasteiger partial charge < -0.3 is 19.5 Å². The van der Waals surface area contributed by atoms with Gasteiger partial charge in [-0.2, -0.15) is 4.31 Å². The first kappa shape index (κ1) is 19.1. The van der Waals surface area contributed by atoms with Crippen LogP contribution in [-0.2, 0) is 29.1 Å². The first-order chi connectivity index (χ1) is 11.3. The van der Waals surface area contributed by atoms with E-state index in [-0.39, 0.29) is 25.1 Å². The van der Waals surface area contributed by atoms with Crippen molar-refractivity contribution < 1.29 is 32.6 Å². The van der Waals surface area contributed by atoms with Gasteiger partial charge in [-0.15, -0.1) is 0 Å². The lowest BCUT2D eigenvalue weighted by molar-refractivity contribution is -0.142. The number of carboxylic acids is 1. The van der Waals surface area contributed by atoms with Gasteiger partial charge in [0.05, 0.1) is 31.5 Å². The van der Waals surface area contributed by atoms with Gasteiger partial charge in [0.25, 0.3) is 0 Å². The number of carbonyl (C=O) groups is 2. The van der Waals surface area contributed by atoms with Crippen molar-refractivity contribution in [3.63, 3.8) is 0 Å². The molecule has 0 aliphatic carbocycles. The van der Waals surface area contributed by atoms with Crippen molar-refractivity contribution >= 4 is 21.9 Å². The second kappa shape index (κ2) is 8.24. The Morgan fingerprint density at radius 1 is 1.25 bits per heavy atom. The summed E-state index contributed by atoms with van der Waals surface area (Å²) in [5, 5.41) is 8.85. The molecule has 2 fully saturated rings. The van der Waals surface area contributed by atoms with Gasteiger partial charge in [-0.25, -0.2) is 8.42 Å². The molecule has 0 aromatic carbocycles. The SMILES string of the molecule is CS(=O)(=O)N(CC(=O)O)CC1CN(C(=O)CC2CCCO2)CCO1. The maximum absolute atomic E-state index is 12.3. The van der Waals surface area contributed by atoms with Crippen LogP contribution in [0.1, 0.15) is 19.3 Å². The Bertz CT molecular complexity index is 559. The molecule has 1 amide bonds. The molecule has 0 saturated carbocycles. The molecule has 2 unspecified atom stereocenters. The van der Waals surface area contributed by atoms with Crippen LogP contribution >= 0.6 is 0 Å². The molecule has 2 heterocycles. The Morgan fingerprint density at radius 2 is 1.96 bits per heavy atom. The Kier molecular flexibility index (Phi) is 6.55. The number of morpholine rings is 1. The summed E-state index contributed by atoms with van der Waals surface area (Å²) in [5.41, 5.74) is 0. The summed E-state index contributed by atoms with van der Waals surface area (Å²) in [4.78, 5) is 24.8. The maximum atomic E-state index is 12.3. The van der Waals surface area contributed by atoms with Gasteiger partial charge in [-0.1, -0.05) is 0 Å². The smallest absolute Gasteiger partial charge is 0.318 e. The number of nitrogens with zero attached hydrogens (tertiary/aromatic N) is 2. The van der Waals surface area contributed by atoms with Crippen LogP contribution in [0.5, 0.6) is 0 Å². The monoisotopic (exact) mass is 364 g/mol. The molecular weight excluding hydrogens is 340 g/mol. The van der Waals surface area contributed by atoms with E-state index in [0.29, 0.717) is 26.2 Å². The maximum Gasteiger partial charge on any atom is 0.318 e. The predicted molar refractivity (Wildman–Crippen MR) is 84.0 cm³/mol. The first-order valence-electron chi connectivity index (χ1n) is 7.93. The molecular formula is C14H24N2O7S. The first-order valence-corrected chi connectivity index (χ1v) is 9.78. The molecule has 2 rings (SSSR count). The van der Waals surface area contributed by atoms with E-state index in [1.54, 1.807) is 4.90 Å². The molecule has 2 saturated heterocycles. The largest absolute Gasteiger partial charge is 0.480 e. The van der Waals surface area contributed by atoms with Gasteiger partial charge in [0.2, 0.25) is 15.9 Å². The van der Waals surface area contributed by atoms with Crippen molar-refractivity contribution in [3.8, 4) is 0 Å². The highest BCUT2D eigenvalue weighted by atomic mass is 32.2. The van der Waals surface area contributed by atoms with Gasteiger partial charge in [0.1, 0.15) is 6.54 Å². The quantitative estimate of drug-likeness (QED) is 0.624. The summed E-state index contributed by atoms with van der Waals surface area (Å²) in [6, 6.07) is 0. The van der Waals surface area contributed by atoms with E-state index in [4.69, 9.17) is 14.6 Å². The molecule has 2 atom stereocenters. The van der Waals surface area contributed by atoms with E-state index in [1.807, 2.05) is 0 Å². The summed E-state index contributed by atoms with van der Waals surface area (Å²) >= 11 is 0. The van der Waals surface area contributed by atoms with E-state index < -0.39 is 28.6 Å². The summed E-state index contributed by atoms with van der Waals surface area (Å²) in [7, 11) is -3.67. The third kappa shape index (κ3) is 5.69. The topological polar surface area (TPSA) is 113 Å². The van der Waals surface area contributed by atoms with Crippen LogP contribution in [0.15, 0.2) is 0 Å². The number of amides is 1. The van der Waals surface area contributed by atoms with Crippen molar-refractivity contribution in [1.29, 1.82) is 0 Å². The van der Waals surface area contributed by atoms with Crippen LogP contribution in [-0.4, -0.2) is 92.5 Å². The molecule has 0 aromatic rings. The van der Waals surface area contributed by atoms with Gasteiger partial charge >= 0.3 is 5.97 Å². The molecule has 1 N–H and O–H groups in total. The van der Waals surface area contributed by atoms with Gasteiger partial charge in [0.15, 0.2) is 0 Å². The number of ether oxygens (including phenoxy) is 2. The fourth-order valence-corrected chi connectivity index (χ4v) is 3.66. The molecule has 2 aliphatic heterocycles. The van der Waals surface area contributed by atoms with E-state index in [1.165, 1.54) is 0 Å². The number of hydrogen-bond acceptors (Lipinski definition) is 6. The van der Waals surface area contributed by atoms with Crippen molar-refractivity contribution in [2.45, 2.75) is 31.5 Å². The molecule has 10 heteroatoms. The van der Waals surface area contributed by atoms with Crippen LogP contribution in [0.25, 0.3) is 0 Å². The van der Waals surface area contributed by atoms with E-state index >= 15 is 0 Å². The van der Waals surface area contributed by atoms with E-state index in [0.717, 1.165) is 23.4 Å². The number of rotatable bonds is 7. The highest BCUT2D eigenvalue weighted by Gasteiger charge is 2.31. The fraction of sp³-hybridized carbons (Fsp3) is 0.857. The Balaban J connectivity index is 1.91. The summed E-state index contributed by atoms with van der Waals surface area (Å²) in [5.74, 6) is -1.28. The lowest BCUT2D eigenvalue weighted by Crippen LogP contribution is -2.51. The number of hydrogen-bond donors (Lipinski definition) is 1. The Labute approximate surface area is 141 Å². The molecule has 24 heavy (non-hydrogen) atoms. The van der Waals surface area contributed by atoms with Crippen LogP contribution < -0.4 is 0 Å². The van der Waals surface area contributed by atoms with Crippen molar-refractivity contribution in [1.82, 2.24) is 9.21 Å². The summed E-state index contributed by atoms with van der Waals surface area (Å²) in [6.45, 7) is 0.962. The number of sulfonamides is 1. The average Bonchev–Trinajstić information content (AvgIpc) is 2.98. The minimum Gasteiger partial charge on any atom is -0.480 e. The van der Waals surface area contributed by atoms with Gasteiger partial charge in [-0.05, 0) is 12.8 Å². The molecule has 2 aliphatic rings. The fourth-order valence-electron chi connectivity index (χ4n) is 2.88. The third-order valence-electron chi connectivity index (χ3n) is 4.11. The molecule has 0 spiro atoms. The third-order valence-corrected chi connectivity index (χ3v) is 5.32. The zero-order chi connectivity index (χ0) is 17.7. The van der Waals surface area contributed by atoms with Crippen LogP contribution in [0.2, 0.25) is 0 Å². The highest BCUT2D eigenvalue weighted by molar-refractivity contribution is 7.88. The number of carboxylic acid groups (broad SMARTS) is 1. The molecule has 138 valence electrons. The Morgan fingerprint density at radius 3 is 2.54 bits per heavy atom. The minimum atomic E-state index is -3.67. The normalized spacial score (nSPS) is 25.2. The van der Waals surface area contributed by atoms with Gasteiger partial charge in [0, 0.05) is 26.2 Å². The van der Waals surface area contributed by atoms with E-state index in [9.17, 15) is 18.0 Å². The van der Waals surface area contributed by atoms with Crippen molar-refractivity contribution in [2.75, 3.05) is 45.6 Å². The molecule has 9 nitrogen and oxygen atoms in total. The van der Waals surface area contributed by atoms with Crippen LogP contribution in [0.4, 0.5) is 0 Å². The zero-order valence-corrected chi connectivity index (χ0v) is 14.5. The van der Waals surface area contributed by atoms with Crippen LogP contribution in [0.3, 0.4) is 0 Å². The van der Waals surface area contributed by atoms with Gasteiger partial charge in [-0.3, -0.25) is 9.59 Å². The number of carbonyl (C=O) groups excluding carboxylic acids is 1. The molecule has 0 aromatic heterocycles. The average molecular weight is 364 g/mol. The second-order valence-corrected chi connectivity index (χ2v) is 8.10. The van der Waals surface area contributed by atoms with Crippen molar-refractivity contribution in [2.24, 2.45) is 0 Å². The summed E-state index contributed by atoms with van der Waals surface area (Å²) < 4.78 is 35.2. The lowest BCUT2D eigenvalue weighted by atomic mass is 10.1. The number of aliphatic carboxylic acids is 1. The Hall–Kier alpha value is -1.23. The standard InChI is InChI=1S/C14H24N2O7S/c1-24(20,21)16(10-14(18)19)9-12-8-15(4-6-23-12)13(17)7-11-3-2-5-22-11/h11-12H,2-10H2,1H3,(H,18,19). The highest BCUT2D eigenvalue weighted by Crippen LogP contribution is 2.18. The second-order valence-electron chi connectivity index (χ2n) is 6.12. The zero-order valence-electron chi connectivity index (χ0n) is 13.7. The molecule has 0 radical (unpaired) electrons. The van der Waals surface area contributed by atoms with E-state index in [2.05, 4.69) is 0 Å². The minimum absolute atomic E-state index is 0.0423. The lowest BCUT2D eigenvalue weighted by Gasteiger charge is -2.35. The van der Waals surface area contributed by atoms with Crippen LogP contribution in [0, 0.1) is 0 Å². The predicted octanol–water partition coefficient (Wildman–Crippen LogP) is -0.871. The van der Waals surface area contributed by atoms with Crippen molar-refractivity contribution in [3.05, 3.63) is 0 Å². The molecule has 0 bridgehead atoms. The summed E-state index contributed by atoms with van der Waals surface area (Å²) in [6.07, 6.45) is 2.53.